The fourth-order valence-corrected chi connectivity index (χ4v) is 2.65. The number of benzene rings is 2. The van der Waals surface area contributed by atoms with Crippen molar-refractivity contribution in [2.75, 3.05) is 17.7 Å². The van der Waals surface area contributed by atoms with Crippen molar-refractivity contribution in [2.24, 2.45) is 5.41 Å². The molecular weight excluding hydrogens is 358 g/mol. The van der Waals surface area contributed by atoms with Crippen LogP contribution in [-0.2, 0) is 14.3 Å². The summed E-state index contributed by atoms with van der Waals surface area (Å²) in [5.74, 6) is -3.98. The van der Waals surface area contributed by atoms with Crippen LogP contribution in [-0.4, -0.2) is 24.9 Å². The molecule has 0 spiro atoms. The van der Waals surface area contributed by atoms with Crippen LogP contribution in [0.1, 0.15) is 23.2 Å². The van der Waals surface area contributed by atoms with Gasteiger partial charge in [0.15, 0.2) is 0 Å². The molecule has 1 aliphatic carbocycles. The number of nitrogens with one attached hydrogen (secondary N) is 2. The Morgan fingerprint density at radius 3 is 2.11 bits per heavy atom. The van der Waals surface area contributed by atoms with Crippen LogP contribution in [0.5, 0.6) is 0 Å². The first-order chi connectivity index (χ1) is 12.9. The van der Waals surface area contributed by atoms with Crippen LogP contribution < -0.4 is 10.6 Å². The van der Waals surface area contributed by atoms with Crippen molar-refractivity contribution in [3.05, 3.63) is 59.7 Å². The summed E-state index contributed by atoms with van der Waals surface area (Å²) in [4.78, 5) is 37.0. The number of hydrogen-bond donors (Lipinski definition) is 2. The highest BCUT2D eigenvalue weighted by Gasteiger charge is 2.57. The van der Waals surface area contributed by atoms with Crippen LogP contribution in [0, 0.1) is 17.0 Å². The lowest BCUT2D eigenvalue weighted by Crippen LogP contribution is -2.36. The molecule has 0 saturated heterocycles. The summed E-state index contributed by atoms with van der Waals surface area (Å²) in [5, 5.41) is 4.69. The maximum absolute atomic E-state index is 13.7. The number of esters is 1. The Balaban J connectivity index is 1.79. The molecule has 0 aliphatic heterocycles. The molecule has 2 aromatic rings. The van der Waals surface area contributed by atoms with E-state index < -0.39 is 40.5 Å². The average Bonchev–Trinajstić information content (AvgIpc) is 3.46. The molecule has 0 unspecified atom stereocenters. The van der Waals surface area contributed by atoms with Gasteiger partial charge in [0.25, 0.3) is 0 Å². The number of carbonyl (C=O) groups excluding carboxylic acids is 3. The van der Waals surface area contributed by atoms with Gasteiger partial charge in [-0.2, -0.15) is 0 Å². The van der Waals surface area contributed by atoms with Crippen molar-refractivity contribution in [2.45, 2.75) is 12.8 Å². The van der Waals surface area contributed by atoms with Gasteiger partial charge in [-0.3, -0.25) is 9.59 Å². The molecule has 140 valence electrons. The number of halogens is 2. The van der Waals surface area contributed by atoms with Gasteiger partial charge >= 0.3 is 5.97 Å². The zero-order valence-corrected chi connectivity index (χ0v) is 14.3. The molecular formula is C19H16F2N2O4. The molecule has 2 N–H and O–H groups in total. The molecule has 1 fully saturated rings. The van der Waals surface area contributed by atoms with Crippen molar-refractivity contribution in [1.29, 1.82) is 0 Å². The van der Waals surface area contributed by atoms with Gasteiger partial charge in [-0.15, -0.1) is 0 Å². The van der Waals surface area contributed by atoms with Gasteiger partial charge in [0.05, 0.1) is 18.4 Å². The van der Waals surface area contributed by atoms with Crippen LogP contribution in [0.2, 0.25) is 0 Å². The van der Waals surface area contributed by atoms with Crippen molar-refractivity contribution >= 4 is 29.2 Å². The third-order valence-corrected chi connectivity index (χ3v) is 4.40. The first-order valence-corrected chi connectivity index (χ1v) is 8.13. The fourth-order valence-electron chi connectivity index (χ4n) is 2.65. The van der Waals surface area contributed by atoms with Crippen molar-refractivity contribution < 1.29 is 27.9 Å². The van der Waals surface area contributed by atoms with Crippen LogP contribution in [0.3, 0.4) is 0 Å². The monoisotopic (exact) mass is 374 g/mol. The summed E-state index contributed by atoms with van der Waals surface area (Å²) in [6.07, 6.45) is 0.447. The van der Waals surface area contributed by atoms with Crippen LogP contribution in [0.25, 0.3) is 0 Å². The molecule has 0 aromatic heterocycles. The summed E-state index contributed by atoms with van der Waals surface area (Å²) in [6.45, 7) is 0. The molecule has 0 heterocycles. The van der Waals surface area contributed by atoms with E-state index in [1.165, 1.54) is 25.3 Å². The quantitative estimate of drug-likeness (QED) is 0.622. The van der Waals surface area contributed by atoms with E-state index in [9.17, 15) is 23.2 Å². The topological polar surface area (TPSA) is 84.5 Å². The van der Waals surface area contributed by atoms with Gasteiger partial charge in [0.2, 0.25) is 11.8 Å². The summed E-state index contributed by atoms with van der Waals surface area (Å²) in [5.41, 5.74) is -1.73. The van der Waals surface area contributed by atoms with Gasteiger partial charge in [-0.25, -0.2) is 13.6 Å². The highest BCUT2D eigenvalue weighted by molar-refractivity contribution is 6.17. The number of ether oxygens (including phenoxy) is 1. The van der Waals surface area contributed by atoms with E-state index in [2.05, 4.69) is 15.4 Å². The van der Waals surface area contributed by atoms with Gasteiger partial charge < -0.3 is 15.4 Å². The molecule has 6 nitrogen and oxygen atoms in total. The van der Waals surface area contributed by atoms with E-state index >= 15 is 0 Å². The Morgan fingerprint density at radius 1 is 0.926 bits per heavy atom. The molecule has 1 saturated carbocycles. The first-order valence-electron chi connectivity index (χ1n) is 8.13. The van der Waals surface area contributed by atoms with Gasteiger partial charge in [-0.1, -0.05) is 18.2 Å². The van der Waals surface area contributed by atoms with Crippen LogP contribution in [0.15, 0.2) is 42.5 Å². The maximum atomic E-state index is 13.7. The lowest BCUT2D eigenvalue weighted by atomic mass is 10.0. The minimum absolute atomic E-state index is 0.129. The number of methoxy groups -OCH3 is 1. The zero-order chi connectivity index (χ0) is 19.6. The number of rotatable bonds is 5. The molecule has 2 aromatic carbocycles. The lowest BCUT2D eigenvalue weighted by molar-refractivity contribution is -0.131. The molecule has 0 bridgehead atoms. The first kappa shape index (κ1) is 18.5. The third-order valence-electron chi connectivity index (χ3n) is 4.40. The predicted octanol–water partition coefficient (Wildman–Crippen LogP) is 3.11. The number of anilines is 2. The average molecular weight is 374 g/mol. The number of carbonyl (C=O) groups is 3. The second-order valence-corrected chi connectivity index (χ2v) is 6.12. The number of para-hydroxylation sites is 2. The van der Waals surface area contributed by atoms with E-state index in [0.717, 1.165) is 12.1 Å². The Kier molecular flexibility index (Phi) is 4.89. The smallest absolute Gasteiger partial charge is 0.339 e. The van der Waals surface area contributed by atoms with Gasteiger partial charge in [0, 0.05) is 0 Å². The number of hydrogen-bond acceptors (Lipinski definition) is 4. The standard InChI is InChI=1S/C19H16F2N2O4/c1-27-16(24)11-5-2-3-8-14(11)22-17(25)19(9-10-19)18(26)23-15-12(20)6-4-7-13(15)21/h2-8H,9-10H2,1H3,(H,22,25)(H,23,26). The summed E-state index contributed by atoms with van der Waals surface area (Å²) in [6, 6.07) is 9.35. The minimum Gasteiger partial charge on any atom is -0.465 e. The summed E-state index contributed by atoms with van der Waals surface area (Å²) < 4.78 is 32.1. The third kappa shape index (κ3) is 3.51. The van der Waals surface area contributed by atoms with Crippen molar-refractivity contribution in [1.82, 2.24) is 0 Å². The summed E-state index contributed by atoms with van der Waals surface area (Å²) >= 11 is 0. The molecule has 3 rings (SSSR count). The Hall–Kier alpha value is -3.29. The highest BCUT2D eigenvalue weighted by Crippen LogP contribution is 2.47. The van der Waals surface area contributed by atoms with Crippen molar-refractivity contribution in [3.63, 3.8) is 0 Å². The van der Waals surface area contributed by atoms with E-state index in [-0.39, 0.29) is 24.1 Å². The van der Waals surface area contributed by atoms with E-state index in [0.29, 0.717) is 0 Å². The molecule has 1 aliphatic rings. The zero-order valence-electron chi connectivity index (χ0n) is 14.3. The Labute approximate surface area is 153 Å². The SMILES string of the molecule is COC(=O)c1ccccc1NC(=O)C1(C(=O)Nc2c(F)cccc2F)CC1. The van der Waals surface area contributed by atoms with Gasteiger partial charge in [-0.05, 0) is 37.1 Å². The fraction of sp³-hybridized carbons (Fsp3) is 0.211. The highest BCUT2D eigenvalue weighted by atomic mass is 19.1. The normalized spacial score (nSPS) is 14.2. The Bertz CT molecular complexity index is 905. The molecule has 27 heavy (non-hydrogen) atoms. The summed E-state index contributed by atoms with van der Waals surface area (Å²) in [7, 11) is 1.21. The molecule has 0 radical (unpaired) electrons. The minimum atomic E-state index is -1.45. The second kappa shape index (κ2) is 7.14. The second-order valence-electron chi connectivity index (χ2n) is 6.12. The molecule has 0 atom stereocenters. The van der Waals surface area contributed by atoms with Crippen molar-refractivity contribution in [3.8, 4) is 0 Å². The maximum Gasteiger partial charge on any atom is 0.339 e. The molecule has 2 amide bonds. The largest absolute Gasteiger partial charge is 0.465 e. The van der Waals surface area contributed by atoms with E-state index in [1.54, 1.807) is 12.1 Å². The number of amides is 2. The van der Waals surface area contributed by atoms with E-state index in [4.69, 9.17) is 0 Å². The van der Waals surface area contributed by atoms with Gasteiger partial charge in [0.1, 0.15) is 22.7 Å². The Morgan fingerprint density at radius 2 is 1.52 bits per heavy atom. The predicted molar refractivity (Wildman–Crippen MR) is 93.1 cm³/mol. The van der Waals surface area contributed by atoms with Crippen LogP contribution in [0.4, 0.5) is 20.2 Å². The van der Waals surface area contributed by atoms with E-state index in [1.807, 2.05) is 0 Å². The van der Waals surface area contributed by atoms with Crippen LogP contribution >= 0.6 is 0 Å². The lowest BCUT2D eigenvalue weighted by Gasteiger charge is -2.17. The molecule has 8 heteroatoms.